The average molecular weight is 310 g/mol. The molecule has 0 saturated heterocycles. The normalized spacial score (nSPS) is 11.9. The first kappa shape index (κ1) is 14.6. The van der Waals surface area contributed by atoms with Gasteiger partial charge in [0.2, 0.25) is 11.0 Å². The lowest BCUT2D eigenvalue weighted by molar-refractivity contribution is -0.115. The molecule has 0 aliphatic rings. The molecule has 8 heteroatoms. The summed E-state index contributed by atoms with van der Waals surface area (Å²) in [7, 11) is 1.60. The van der Waals surface area contributed by atoms with E-state index in [4.69, 9.17) is 10.5 Å². The zero-order valence-electron chi connectivity index (χ0n) is 11.0. The number of aromatic nitrogens is 2. The van der Waals surface area contributed by atoms with Crippen molar-refractivity contribution in [3.05, 3.63) is 24.3 Å². The van der Waals surface area contributed by atoms with Gasteiger partial charge >= 0.3 is 0 Å². The number of nitrogens with zero attached hydrogens (tertiary/aromatic N) is 2. The first-order chi connectivity index (χ1) is 9.58. The van der Waals surface area contributed by atoms with Gasteiger partial charge in [-0.3, -0.25) is 4.79 Å². The Morgan fingerprint density at radius 2 is 2.10 bits per heavy atom. The zero-order valence-corrected chi connectivity index (χ0v) is 12.6. The highest BCUT2D eigenvalue weighted by Gasteiger charge is 2.16. The van der Waals surface area contributed by atoms with Crippen molar-refractivity contribution in [3.63, 3.8) is 0 Å². The molecule has 1 atom stereocenters. The second-order valence-corrected chi connectivity index (χ2v) is 6.48. The molecule has 2 aromatic rings. The van der Waals surface area contributed by atoms with Gasteiger partial charge in [-0.2, -0.15) is 0 Å². The lowest BCUT2D eigenvalue weighted by Gasteiger charge is -2.10. The van der Waals surface area contributed by atoms with Crippen molar-refractivity contribution in [1.82, 2.24) is 10.2 Å². The van der Waals surface area contributed by atoms with Crippen molar-refractivity contribution in [2.45, 2.75) is 16.5 Å². The Hall–Kier alpha value is -1.80. The minimum absolute atomic E-state index is 0.103. The highest BCUT2D eigenvalue weighted by Crippen LogP contribution is 2.28. The number of benzene rings is 1. The molecule has 20 heavy (non-hydrogen) atoms. The third-order valence-electron chi connectivity index (χ3n) is 2.43. The van der Waals surface area contributed by atoms with Crippen LogP contribution in [0.4, 0.5) is 10.8 Å². The van der Waals surface area contributed by atoms with Gasteiger partial charge in [0.25, 0.3) is 0 Å². The van der Waals surface area contributed by atoms with Crippen LogP contribution in [-0.4, -0.2) is 28.5 Å². The Bertz CT molecular complexity index is 585. The first-order valence-electron chi connectivity index (χ1n) is 5.79. The number of nitrogens with two attached hydrogens (primary N) is 1. The van der Waals surface area contributed by atoms with E-state index in [1.54, 1.807) is 38.3 Å². The van der Waals surface area contributed by atoms with E-state index in [1.165, 1.54) is 23.1 Å². The predicted molar refractivity (Wildman–Crippen MR) is 81.3 cm³/mol. The van der Waals surface area contributed by atoms with Crippen LogP contribution in [0.25, 0.3) is 0 Å². The molecule has 0 saturated carbocycles. The third-order valence-corrected chi connectivity index (χ3v) is 4.36. The molecule has 1 heterocycles. The fraction of sp³-hybridized carbons (Fsp3) is 0.250. The number of thioether (sulfide) groups is 1. The number of anilines is 2. The van der Waals surface area contributed by atoms with Gasteiger partial charge in [0.05, 0.1) is 12.4 Å². The van der Waals surface area contributed by atoms with Crippen molar-refractivity contribution < 1.29 is 9.53 Å². The summed E-state index contributed by atoms with van der Waals surface area (Å²) in [5.74, 6) is 0.642. The average Bonchev–Trinajstić information content (AvgIpc) is 2.85. The zero-order chi connectivity index (χ0) is 14.5. The molecule has 2 rings (SSSR count). The number of rotatable bonds is 5. The summed E-state index contributed by atoms with van der Waals surface area (Å²) in [4.78, 5) is 12.0. The number of hydrogen-bond acceptors (Lipinski definition) is 7. The van der Waals surface area contributed by atoms with E-state index in [0.29, 0.717) is 9.47 Å². The minimum Gasteiger partial charge on any atom is -0.497 e. The fourth-order valence-electron chi connectivity index (χ4n) is 1.39. The summed E-state index contributed by atoms with van der Waals surface area (Å²) in [5, 5.41) is 10.5. The number of hydrogen-bond donors (Lipinski definition) is 2. The molecule has 0 aliphatic carbocycles. The number of carbonyl (C=O) groups excluding carboxylic acids is 1. The fourth-order valence-corrected chi connectivity index (χ4v) is 3.17. The van der Waals surface area contributed by atoms with Crippen molar-refractivity contribution >= 4 is 39.8 Å². The topological polar surface area (TPSA) is 90.1 Å². The first-order valence-corrected chi connectivity index (χ1v) is 7.48. The summed E-state index contributed by atoms with van der Waals surface area (Å²) in [6, 6.07) is 7.16. The van der Waals surface area contributed by atoms with Crippen molar-refractivity contribution in [2.75, 3.05) is 18.2 Å². The maximum atomic E-state index is 12.0. The molecule has 1 aromatic carbocycles. The second kappa shape index (κ2) is 6.58. The standard InChI is InChI=1S/C12H14N4O2S2/c1-7(19-12-16-15-11(13)20-12)10(17)14-8-3-5-9(18-2)6-4-8/h3-7H,1-2H3,(H2,13,15)(H,14,17)/t7-/m1/s1. The van der Waals surface area contributed by atoms with Crippen molar-refractivity contribution in [3.8, 4) is 5.75 Å². The Labute approximate surface area is 124 Å². The van der Waals surface area contributed by atoms with Crippen LogP contribution in [0.1, 0.15) is 6.92 Å². The third kappa shape index (κ3) is 3.84. The van der Waals surface area contributed by atoms with Gasteiger partial charge in [0.1, 0.15) is 5.75 Å². The molecule has 3 N–H and O–H groups in total. The smallest absolute Gasteiger partial charge is 0.237 e. The maximum absolute atomic E-state index is 12.0. The molecule has 1 amide bonds. The van der Waals surface area contributed by atoms with Crippen LogP contribution in [0.2, 0.25) is 0 Å². The largest absolute Gasteiger partial charge is 0.497 e. The molecule has 0 spiro atoms. The molecule has 0 fully saturated rings. The van der Waals surface area contributed by atoms with Crippen molar-refractivity contribution in [1.29, 1.82) is 0 Å². The quantitative estimate of drug-likeness (QED) is 0.823. The van der Waals surface area contributed by atoms with Crippen LogP contribution >= 0.6 is 23.1 Å². The number of nitrogen functional groups attached to an aromatic ring is 1. The Morgan fingerprint density at radius 3 is 2.65 bits per heavy atom. The molecular weight excluding hydrogens is 296 g/mol. The van der Waals surface area contributed by atoms with Crippen LogP contribution < -0.4 is 15.8 Å². The molecule has 1 aromatic heterocycles. The lowest BCUT2D eigenvalue weighted by Crippen LogP contribution is -2.22. The van der Waals surface area contributed by atoms with Gasteiger partial charge in [-0.1, -0.05) is 23.1 Å². The summed E-state index contributed by atoms with van der Waals surface area (Å²) in [6.45, 7) is 1.81. The van der Waals surface area contributed by atoms with Gasteiger partial charge < -0.3 is 15.8 Å². The van der Waals surface area contributed by atoms with Gasteiger partial charge in [-0.05, 0) is 31.2 Å². The number of amides is 1. The van der Waals surface area contributed by atoms with E-state index >= 15 is 0 Å². The van der Waals surface area contributed by atoms with Gasteiger partial charge in [0.15, 0.2) is 4.34 Å². The van der Waals surface area contributed by atoms with E-state index < -0.39 is 0 Å². The Balaban J connectivity index is 1.93. The van der Waals surface area contributed by atoms with Crippen LogP contribution in [0, 0.1) is 0 Å². The molecule has 106 valence electrons. The number of ether oxygens (including phenoxy) is 1. The highest BCUT2D eigenvalue weighted by atomic mass is 32.2. The molecule has 6 nitrogen and oxygen atoms in total. The Kier molecular flexibility index (Phi) is 4.80. The monoisotopic (exact) mass is 310 g/mol. The summed E-state index contributed by atoms with van der Waals surface area (Å²) in [5.41, 5.74) is 6.22. The van der Waals surface area contributed by atoms with Crippen LogP contribution in [0.3, 0.4) is 0 Å². The molecule has 0 unspecified atom stereocenters. The van der Waals surface area contributed by atoms with Gasteiger partial charge in [-0.25, -0.2) is 0 Å². The number of methoxy groups -OCH3 is 1. The van der Waals surface area contributed by atoms with Crippen LogP contribution in [-0.2, 0) is 4.79 Å². The van der Waals surface area contributed by atoms with E-state index in [2.05, 4.69) is 15.5 Å². The number of carbonyl (C=O) groups is 1. The van der Waals surface area contributed by atoms with Gasteiger partial charge in [0, 0.05) is 5.69 Å². The summed E-state index contributed by atoms with van der Waals surface area (Å²) < 4.78 is 5.74. The van der Waals surface area contributed by atoms with Crippen LogP contribution in [0.5, 0.6) is 5.75 Å². The molecule has 0 aliphatic heterocycles. The minimum atomic E-state index is -0.288. The molecular formula is C12H14N4O2S2. The van der Waals surface area contributed by atoms with Gasteiger partial charge in [-0.15, -0.1) is 10.2 Å². The van der Waals surface area contributed by atoms with E-state index in [1.807, 2.05) is 0 Å². The van der Waals surface area contributed by atoms with E-state index in [0.717, 1.165) is 11.4 Å². The lowest BCUT2D eigenvalue weighted by atomic mass is 10.3. The SMILES string of the molecule is COc1ccc(NC(=O)[C@@H](C)Sc2nnc(N)s2)cc1. The molecule has 0 radical (unpaired) electrons. The van der Waals surface area contributed by atoms with E-state index in [9.17, 15) is 4.79 Å². The highest BCUT2D eigenvalue weighted by molar-refractivity contribution is 8.02. The molecule has 0 bridgehead atoms. The van der Waals surface area contributed by atoms with Crippen LogP contribution in [0.15, 0.2) is 28.6 Å². The summed E-state index contributed by atoms with van der Waals surface area (Å²) in [6.07, 6.45) is 0. The number of nitrogens with one attached hydrogen (secondary N) is 1. The van der Waals surface area contributed by atoms with Crippen molar-refractivity contribution in [2.24, 2.45) is 0 Å². The van der Waals surface area contributed by atoms with E-state index in [-0.39, 0.29) is 11.2 Å². The maximum Gasteiger partial charge on any atom is 0.237 e. The predicted octanol–water partition coefficient (Wildman–Crippen LogP) is 2.25. The summed E-state index contributed by atoms with van der Waals surface area (Å²) >= 11 is 2.59. The Morgan fingerprint density at radius 1 is 1.40 bits per heavy atom. The second-order valence-electron chi connectivity index (χ2n) is 3.88.